The maximum atomic E-state index is 13.3. The molecule has 21 heavy (non-hydrogen) atoms. The van der Waals surface area contributed by atoms with Crippen molar-refractivity contribution in [1.29, 1.82) is 0 Å². The van der Waals surface area contributed by atoms with E-state index in [0.29, 0.717) is 29.6 Å². The van der Waals surface area contributed by atoms with E-state index in [4.69, 9.17) is 0 Å². The molecule has 0 radical (unpaired) electrons. The van der Waals surface area contributed by atoms with Crippen molar-refractivity contribution < 1.29 is 13.6 Å². The molecule has 2 aliphatic heterocycles. The van der Waals surface area contributed by atoms with E-state index in [2.05, 4.69) is 21.2 Å². The first-order valence-corrected chi connectivity index (χ1v) is 7.54. The Bertz CT molecular complexity index is 558. The van der Waals surface area contributed by atoms with Crippen molar-refractivity contribution in [3.63, 3.8) is 0 Å². The summed E-state index contributed by atoms with van der Waals surface area (Å²) in [7, 11) is 0. The number of carbonyl (C=O) groups is 1. The molecule has 2 fully saturated rings. The van der Waals surface area contributed by atoms with Gasteiger partial charge in [-0.2, -0.15) is 0 Å². The number of halogens is 4. The second-order valence-electron chi connectivity index (χ2n) is 5.42. The monoisotopic (exact) mass is 380 g/mol. The van der Waals surface area contributed by atoms with Gasteiger partial charge in [0, 0.05) is 29.6 Å². The van der Waals surface area contributed by atoms with Crippen molar-refractivity contribution in [3.05, 3.63) is 33.8 Å². The van der Waals surface area contributed by atoms with Crippen LogP contribution in [0.5, 0.6) is 0 Å². The molecule has 2 heterocycles. The molecule has 0 spiro atoms. The van der Waals surface area contributed by atoms with Gasteiger partial charge in [-0.25, -0.2) is 8.78 Å². The van der Waals surface area contributed by atoms with E-state index >= 15 is 0 Å². The molecule has 2 unspecified atom stereocenters. The molecule has 7 heteroatoms. The summed E-state index contributed by atoms with van der Waals surface area (Å²) >= 11 is 3.14. The summed E-state index contributed by atoms with van der Waals surface area (Å²) in [6, 6.07) is 2.77. The van der Waals surface area contributed by atoms with E-state index in [1.807, 2.05) is 0 Å². The van der Waals surface area contributed by atoms with Gasteiger partial charge in [0.15, 0.2) is 11.6 Å². The molecule has 1 amide bonds. The minimum Gasteiger partial charge on any atom is -0.337 e. The van der Waals surface area contributed by atoms with Gasteiger partial charge in [-0.05, 0) is 47.3 Å². The van der Waals surface area contributed by atoms with Crippen LogP contribution in [0.25, 0.3) is 0 Å². The molecule has 2 saturated heterocycles. The number of rotatable bonds is 1. The van der Waals surface area contributed by atoms with Gasteiger partial charge in [-0.3, -0.25) is 4.79 Å². The molecule has 3 rings (SSSR count). The Morgan fingerprint density at radius 2 is 1.86 bits per heavy atom. The van der Waals surface area contributed by atoms with Crippen LogP contribution in [0, 0.1) is 11.6 Å². The SMILES string of the molecule is Cl.O=C(c1cc(F)c(F)cc1Br)N1CCC2CCC(C1)N2. The molecule has 0 aromatic heterocycles. The molecule has 116 valence electrons. The number of carbonyl (C=O) groups excluding carboxylic acids is 1. The summed E-state index contributed by atoms with van der Waals surface area (Å²) in [5, 5.41) is 3.48. The zero-order chi connectivity index (χ0) is 14.3. The van der Waals surface area contributed by atoms with E-state index < -0.39 is 11.6 Å². The number of hydrogen-bond donors (Lipinski definition) is 1. The predicted octanol–water partition coefficient (Wildman–Crippen LogP) is 3.12. The number of fused-ring (bicyclic) bond motifs is 2. The van der Waals surface area contributed by atoms with E-state index in [9.17, 15) is 13.6 Å². The first-order chi connectivity index (χ1) is 9.54. The zero-order valence-corrected chi connectivity index (χ0v) is 13.6. The molecule has 3 nitrogen and oxygen atoms in total. The van der Waals surface area contributed by atoms with Crippen LogP contribution in [-0.4, -0.2) is 36.0 Å². The van der Waals surface area contributed by atoms with Gasteiger partial charge < -0.3 is 10.2 Å². The van der Waals surface area contributed by atoms with Crippen LogP contribution in [0.15, 0.2) is 16.6 Å². The Kier molecular flexibility index (Phi) is 5.22. The second kappa shape index (κ2) is 6.58. The third-order valence-corrected chi connectivity index (χ3v) is 4.71. The fraction of sp³-hybridized carbons (Fsp3) is 0.500. The summed E-state index contributed by atoms with van der Waals surface area (Å²) in [6.45, 7) is 1.28. The molecule has 1 N–H and O–H groups in total. The lowest BCUT2D eigenvalue weighted by atomic mass is 10.1. The van der Waals surface area contributed by atoms with Gasteiger partial charge in [-0.15, -0.1) is 12.4 Å². The Morgan fingerprint density at radius 1 is 1.19 bits per heavy atom. The summed E-state index contributed by atoms with van der Waals surface area (Å²) in [4.78, 5) is 14.2. The van der Waals surface area contributed by atoms with Crippen LogP contribution in [0.2, 0.25) is 0 Å². The van der Waals surface area contributed by atoms with E-state index in [1.165, 1.54) is 0 Å². The topological polar surface area (TPSA) is 32.3 Å². The Balaban J connectivity index is 0.00000161. The van der Waals surface area contributed by atoms with Crippen molar-refractivity contribution in [2.75, 3.05) is 13.1 Å². The van der Waals surface area contributed by atoms with Crippen LogP contribution in [0.3, 0.4) is 0 Å². The molecule has 2 bridgehead atoms. The number of nitrogens with zero attached hydrogens (tertiary/aromatic N) is 1. The highest BCUT2D eigenvalue weighted by atomic mass is 79.9. The lowest BCUT2D eigenvalue weighted by molar-refractivity contribution is 0.0746. The van der Waals surface area contributed by atoms with Crippen molar-refractivity contribution in [3.8, 4) is 0 Å². The third-order valence-electron chi connectivity index (χ3n) is 4.05. The fourth-order valence-electron chi connectivity index (χ4n) is 2.98. The minimum absolute atomic E-state index is 0. The van der Waals surface area contributed by atoms with Crippen molar-refractivity contribution >= 4 is 34.2 Å². The lowest BCUT2D eigenvalue weighted by Gasteiger charge is -2.24. The van der Waals surface area contributed by atoms with E-state index in [-0.39, 0.29) is 23.9 Å². The van der Waals surface area contributed by atoms with Gasteiger partial charge in [0.25, 0.3) is 5.91 Å². The molecular weight excluding hydrogens is 366 g/mol. The number of amides is 1. The maximum absolute atomic E-state index is 13.3. The number of nitrogens with one attached hydrogen (secondary N) is 1. The highest BCUT2D eigenvalue weighted by molar-refractivity contribution is 9.10. The average molecular weight is 382 g/mol. The largest absolute Gasteiger partial charge is 0.337 e. The lowest BCUT2D eigenvalue weighted by Crippen LogP contribution is -2.39. The summed E-state index contributed by atoms with van der Waals surface area (Å²) in [5.41, 5.74) is 0.182. The van der Waals surface area contributed by atoms with E-state index in [1.54, 1.807) is 4.90 Å². The van der Waals surface area contributed by atoms with Gasteiger partial charge in [-0.1, -0.05) is 0 Å². The predicted molar refractivity (Wildman–Crippen MR) is 81.8 cm³/mol. The van der Waals surface area contributed by atoms with Gasteiger partial charge in [0.1, 0.15) is 0 Å². The number of benzene rings is 1. The highest BCUT2D eigenvalue weighted by Crippen LogP contribution is 2.25. The Hall–Kier alpha value is -0.720. The van der Waals surface area contributed by atoms with Crippen molar-refractivity contribution in [2.45, 2.75) is 31.3 Å². The Morgan fingerprint density at radius 3 is 2.62 bits per heavy atom. The molecule has 2 atom stereocenters. The zero-order valence-electron chi connectivity index (χ0n) is 11.2. The van der Waals surface area contributed by atoms with Crippen LogP contribution in [-0.2, 0) is 0 Å². The van der Waals surface area contributed by atoms with E-state index in [0.717, 1.165) is 31.4 Å². The first kappa shape index (κ1) is 16.6. The summed E-state index contributed by atoms with van der Waals surface area (Å²) < 4.78 is 26.7. The van der Waals surface area contributed by atoms with Crippen LogP contribution < -0.4 is 5.32 Å². The molecule has 0 saturated carbocycles. The van der Waals surface area contributed by atoms with Crippen molar-refractivity contribution in [1.82, 2.24) is 10.2 Å². The van der Waals surface area contributed by atoms with Gasteiger partial charge >= 0.3 is 0 Å². The molecule has 1 aromatic rings. The van der Waals surface area contributed by atoms with Crippen LogP contribution >= 0.6 is 28.3 Å². The normalized spacial score (nSPS) is 24.4. The molecule has 0 aliphatic carbocycles. The minimum atomic E-state index is -0.994. The first-order valence-electron chi connectivity index (χ1n) is 6.74. The standard InChI is InChI=1S/C14H15BrF2N2O.ClH/c15-11-6-13(17)12(16)5-10(11)14(20)19-4-3-8-1-2-9(7-19)18-8;/h5-6,8-9,18H,1-4,7H2;1H. The average Bonchev–Trinajstić information content (AvgIpc) is 2.73. The highest BCUT2D eigenvalue weighted by Gasteiger charge is 2.32. The summed E-state index contributed by atoms with van der Waals surface area (Å²) in [6.07, 6.45) is 3.12. The second-order valence-corrected chi connectivity index (χ2v) is 6.28. The smallest absolute Gasteiger partial charge is 0.255 e. The molecule has 2 aliphatic rings. The summed E-state index contributed by atoms with van der Waals surface area (Å²) in [5.74, 6) is -2.19. The van der Waals surface area contributed by atoms with Gasteiger partial charge in [0.05, 0.1) is 5.56 Å². The van der Waals surface area contributed by atoms with Gasteiger partial charge in [0.2, 0.25) is 0 Å². The molecular formula is C14H16BrClF2N2O. The van der Waals surface area contributed by atoms with Crippen LogP contribution in [0.4, 0.5) is 8.78 Å². The van der Waals surface area contributed by atoms with Crippen molar-refractivity contribution in [2.24, 2.45) is 0 Å². The fourth-order valence-corrected chi connectivity index (χ4v) is 3.47. The quantitative estimate of drug-likeness (QED) is 0.758. The number of hydrogen-bond acceptors (Lipinski definition) is 2. The third kappa shape index (κ3) is 3.38. The molecule has 1 aromatic carbocycles. The maximum Gasteiger partial charge on any atom is 0.255 e. The van der Waals surface area contributed by atoms with Crippen LogP contribution in [0.1, 0.15) is 29.6 Å². The Labute approximate surface area is 136 Å². The number of likely N-dealkylation sites (tertiary alicyclic amines) is 1.